The minimum Gasteiger partial charge on any atom is -0.505 e. The lowest BCUT2D eigenvalue weighted by molar-refractivity contribution is 0.287. The molecular formula is C25H37FN2O. The van der Waals surface area contributed by atoms with Gasteiger partial charge in [0, 0.05) is 5.56 Å². The maximum absolute atomic E-state index is 14.2. The summed E-state index contributed by atoms with van der Waals surface area (Å²) in [5, 5.41) is 9.26. The van der Waals surface area contributed by atoms with Gasteiger partial charge in [0.25, 0.3) is 0 Å². The molecule has 0 fully saturated rings. The second-order valence-corrected chi connectivity index (χ2v) is 8.07. The van der Waals surface area contributed by atoms with E-state index in [0.717, 1.165) is 30.4 Å². The predicted molar refractivity (Wildman–Crippen MR) is 119 cm³/mol. The first-order valence-corrected chi connectivity index (χ1v) is 11.4. The van der Waals surface area contributed by atoms with Crippen LogP contribution in [0.4, 0.5) is 4.39 Å². The first-order chi connectivity index (χ1) is 14.2. The standard InChI is InChI=1S/C25H37FN2O/c1-2-3-4-5-6-7-8-9-10-11-12-23(26)18-15-21-13-16-22(17-14-21)25-27-19-24(29)20-28-25/h13-14,16-17,19-20,23,29H,2-12,15,18H2,1H3/t23-/m1/s1. The largest absolute Gasteiger partial charge is 0.505 e. The number of unbranched alkanes of at least 4 members (excludes halogenated alkanes) is 9. The summed E-state index contributed by atoms with van der Waals surface area (Å²) in [7, 11) is 0. The van der Waals surface area contributed by atoms with E-state index >= 15 is 0 Å². The summed E-state index contributed by atoms with van der Waals surface area (Å²) in [6.07, 6.45) is 17.0. The van der Waals surface area contributed by atoms with Gasteiger partial charge in [-0.15, -0.1) is 0 Å². The Hall–Kier alpha value is -1.97. The molecule has 0 radical (unpaired) electrons. The molecule has 1 N–H and O–H groups in total. The molecule has 2 rings (SSSR count). The lowest BCUT2D eigenvalue weighted by Crippen LogP contribution is -2.02. The van der Waals surface area contributed by atoms with E-state index in [1.165, 1.54) is 63.8 Å². The average molecular weight is 401 g/mol. The molecule has 0 saturated heterocycles. The van der Waals surface area contributed by atoms with Crippen LogP contribution in [0.25, 0.3) is 11.4 Å². The van der Waals surface area contributed by atoms with E-state index < -0.39 is 6.17 Å². The quantitative estimate of drug-likeness (QED) is 0.316. The second-order valence-electron chi connectivity index (χ2n) is 8.07. The number of rotatable bonds is 15. The Balaban J connectivity index is 1.54. The molecule has 0 saturated carbocycles. The predicted octanol–water partition coefficient (Wildman–Crippen LogP) is 7.43. The average Bonchev–Trinajstić information content (AvgIpc) is 2.74. The third-order valence-corrected chi connectivity index (χ3v) is 5.47. The molecule has 3 nitrogen and oxygen atoms in total. The van der Waals surface area contributed by atoms with Gasteiger partial charge in [-0.2, -0.15) is 0 Å². The second kappa shape index (κ2) is 14.1. The zero-order valence-electron chi connectivity index (χ0n) is 18.0. The topological polar surface area (TPSA) is 46.0 Å². The van der Waals surface area contributed by atoms with Gasteiger partial charge in [0.2, 0.25) is 0 Å². The molecule has 0 unspecified atom stereocenters. The van der Waals surface area contributed by atoms with Crippen LogP contribution in [-0.4, -0.2) is 21.2 Å². The minimum absolute atomic E-state index is 0.0572. The SMILES string of the molecule is CCCCCCCCCCCC[C@@H](F)CCc1ccc(-c2ncc(O)cn2)cc1. The number of benzene rings is 1. The van der Waals surface area contributed by atoms with Gasteiger partial charge in [0.15, 0.2) is 11.6 Å². The smallest absolute Gasteiger partial charge is 0.159 e. The van der Waals surface area contributed by atoms with E-state index in [4.69, 9.17) is 0 Å². The maximum atomic E-state index is 14.2. The summed E-state index contributed by atoms with van der Waals surface area (Å²) in [5.74, 6) is 0.639. The van der Waals surface area contributed by atoms with Gasteiger partial charge in [-0.05, 0) is 24.8 Å². The van der Waals surface area contributed by atoms with Crippen molar-refractivity contribution in [2.45, 2.75) is 96.6 Å². The Morgan fingerprint density at radius 1 is 0.793 bits per heavy atom. The van der Waals surface area contributed by atoms with Crippen molar-refractivity contribution in [3.05, 3.63) is 42.2 Å². The van der Waals surface area contributed by atoms with Crippen LogP contribution in [0, 0.1) is 0 Å². The lowest BCUT2D eigenvalue weighted by Gasteiger charge is -2.09. The number of aromatic hydroxyl groups is 1. The van der Waals surface area contributed by atoms with E-state index in [9.17, 15) is 9.50 Å². The molecule has 1 aromatic heterocycles. The van der Waals surface area contributed by atoms with Gasteiger partial charge in [0.05, 0.1) is 12.4 Å². The third kappa shape index (κ3) is 9.87. The van der Waals surface area contributed by atoms with Gasteiger partial charge in [0.1, 0.15) is 6.17 Å². The molecule has 160 valence electrons. The van der Waals surface area contributed by atoms with Gasteiger partial charge < -0.3 is 5.11 Å². The minimum atomic E-state index is -0.704. The van der Waals surface area contributed by atoms with Crippen molar-refractivity contribution < 1.29 is 9.50 Å². The zero-order valence-corrected chi connectivity index (χ0v) is 18.0. The van der Waals surface area contributed by atoms with Crippen molar-refractivity contribution in [3.63, 3.8) is 0 Å². The van der Waals surface area contributed by atoms with E-state index in [0.29, 0.717) is 18.7 Å². The Morgan fingerprint density at radius 2 is 1.34 bits per heavy atom. The molecule has 1 heterocycles. The molecule has 0 aliphatic carbocycles. The number of hydrogen-bond donors (Lipinski definition) is 1. The Labute approximate surface area is 175 Å². The monoisotopic (exact) mass is 400 g/mol. The molecule has 29 heavy (non-hydrogen) atoms. The molecule has 1 atom stereocenters. The fourth-order valence-corrected chi connectivity index (χ4v) is 3.61. The highest BCUT2D eigenvalue weighted by Gasteiger charge is 2.07. The van der Waals surface area contributed by atoms with Crippen molar-refractivity contribution in [2.75, 3.05) is 0 Å². The summed E-state index contributed by atoms with van der Waals surface area (Å²) in [6, 6.07) is 7.94. The van der Waals surface area contributed by atoms with E-state index in [2.05, 4.69) is 16.9 Å². The van der Waals surface area contributed by atoms with Gasteiger partial charge in [-0.25, -0.2) is 14.4 Å². The van der Waals surface area contributed by atoms with Crippen molar-refractivity contribution in [2.24, 2.45) is 0 Å². The summed E-state index contributed by atoms with van der Waals surface area (Å²) in [6.45, 7) is 2.25. The first-order valence-electron chi connectivity index (χ1n) is 11.4. The van der Waals surface area contributed by atoms with Crippen LogP contribution in [0.1, 0.15) is 89.5 Å². The van der Waals surface area contributed by atoms with Crippen LogP contribution in [-0.2, 0) is 6.42 Å². The molecule has 0 amide bonds. The highest BCUT2D eigenvalue weighted by Crippen LogP contribution is 2.19. The Morgan fingerprint density at radius 3 is 1.93 bits per heavy atom. The van der Waals surface area contributed by atoms with Crippen LogP contribution in [0.2, 0.25) is 0 Å². The van der Waals surface area contributed by atoms with Gasteiger partial charge in [-0.1, -0.05) is 95.4 Å². The van der Waals surface area contributed by atoms with Crippen LogP contribution in [0.3, 0.4) is 0 Å². The number of aromatic nitrogens is 2. The number of hydrogen-bond acceptors (Lipinski definition) is 3. The lowest BCUT2D eigenvalue weighted by atomic mass is 10.0. The van der Waals surface area contributed by atoms with Crippen LogP contribution in [0.5, 0.6) is 5.75 Å². The summed E-state index contributed by atoms with van der Waals surface area (Å²) in [5.41, 5.74) is 2.04. The molecule has 0 aliphatic heterocycles. The molecule has 0 spiro atoms. The highest BCUT2D eigenvalue weighted by molar-refractivity contribution is 5.55. The number of aryl methyl sites for hydroxylation is 1. The molecule has 0 bridgehead atoms. The molecule has 4 heteroatoms. The number of alkyl halides is 1. The van der Waals surface area contributed by atoms with Crippen molar-refractivity contribution in [1.82, 2.24) is 9.97 Å². The van der Waals surface area contributed by atoms with E-state index in [1.54, 1.807) is 0 Å². The molecule has 0 aliphatic rings. The van der Waals surface area contributed by atoms with Crippen LogP contribution < -0.4 is 0 Å². The number of halogens is 1. The summed E-state index contributed by atoms with van der Waals surface area (Å²) >= 11 is 0. The molecular weight excluding hydrogens is 363 g/mol. The maximum Gasteiger partial charge on any atom is 0.159 e. The van der Waals surface area contributed by atoms with Crippen molar-refractivity contribution in [3.8, 4) is 17.1 Å². The third-order valence-electron chi connectivity index (χ3n) is 5.47. The zero-order chi connectivity index (χ0) is 20.7. The Kier molecular flexibility index (Phi) is 11.3. The van der Waals surface area contributed by atoms with Gasteiger partial charge >= 0.3 is 0 Å². The van der Waals surface area contributed by atoms with Gasteiger partial charge in [-0.3, -0.25) is 0 Å². The van der Waals surface area contributed by atoms with Crippen molar-refractivity contribution >= 4 is 0 Å². The number of nitrogens with zero attached hydrogens (tertiary/aromatic N) is 2. The summed E-state index contributed by atoms with van der Waals surface area (Å²) in [4.78, 5) is 8.22. The summed E-state index contributed by atoms with van der Waals surface area (Å²) < 4.78 is 14.2. The first kappa shape index (κ1) is 23.3. The highest BCUT2D eigenvalue weighted by atomic mass is 19.1. The fraction of sp³-hybridized carbons (Fsp3) is 0.600. The Bertz CT molecular complexity index is 658. The van der Waals surface area contributed by atoms with Crippen LogP contribution >= 0.6 is 0 Å². The van der Waals surface area contributed by atoms with Crippen LogP contribution in [0.15, 0.2) is 36.7 Å². The molecule has 1 aromatic carbocycles. The normalized spacial score (nSPS) is 12.2. The van der Waals surface area contributed by atoms with E-state index in [1.807, 2.05) is 24.3 Å². The van der Waals surface area contributed by atoms with E-state index in [-0.39, 0.29) is 5.75 Å². The molecule has 2 aromatic rings. The fourth-order valence-electron chi connectivity index (χ4n) is 3.61. The van der Waals surface area contributed by atoms with Crippen molar-refractivity contribution in [1.29, 1.82) is 0 Å².